The Bertz CT molecular complexity index is 303. The van der Waals surface area contributed by atoms with Crippen LogP contribution in [0.5, 0.6) is 0 Å². The number of nitrogens with one attached hydrogen (secondary N) is 1. The molecule has 13 heavy (non-hydrogen) atoms. The SMILES string of the molecule is c1ncc(C2CC23CCCN3)cn1. The quantitative estimate of drug-likeness (QED) is 0.694. The van der Waals surface area contributed by atoms with Crippen LogP contribution in [0.15, 0.2) is 18.7 Å². The summed E-state index contributed by atoms with van der Waals surface area (Å²) >= 11 is 0. The van der Waals surface area contributed by atoms with Gasteiger partial charge in [0.05, 0.1) is 0 Å². The number of hydrogen-bond acceptors (Lipinski definition) is 3. The second-order valence-electron chi connectivity index (χ2n) is 4.11. The lowest BCUT2D eigenvalue weighted by Gasteiger charge is -2.08. The van der Waals surface area contributed by atoms with Crippen molar-refractivity contribution in [1.29, 1.82) is 0 Å². The zero-order chi connectivity index (χ0) is 8.73. The van der Waals surface area contributed by atoms with E-state index < -0.39 is 0 Å². The first-order valence-electron chi connectivity index (χ1n) is 4.91. The van der Waals surface area contributed by atoms with Gasteiger partial charge in [0, 0.05) is 23.9 Å². The maximum absolute atomic E-state index is 4.06. The minimum Gasteiger partial charge on any atom is -0.311 e. The fraction of sp³-hybridized carbons (Fsp3) is 0.600. The molecule has 2 heterocycles. The Balaban J connectivity index is 1.83. The van der Waals surface area contributed by atoms with E-state index in [2.05, 4.69) is 15.3 Å². The topological polar surface area (TPSA) is 37.8 Å². The van der Waals surface area contributed by atoms with Gasteiger partial charge in [-0.05, 0) is 31.4 Å². The maximum atomic E-state index is 4.06. The Hall–Kier alpha value is -0.960. The van der Waals surface area contributed by atoms with Gasteiger partial charge in [0.2, 0.25) is 0 Å². The second-order valence-corrected chi connectivity index (χ2v) is 4.11. The van der Waals surface area contributed by atoms with Crippen LogP contribution >= 0.6 is 0 Å². The fourth-order valence-electron chi connectivity index (χ4n) is 2.53. The van der Waals surface area contributed by atoms with Crippen LogP contribution in [0, 0.1) is 0 Å². The van der Waals surface area contributed by atoms with Gasteiger partial charge in [-0.25, -0.2) is 9.97 Å². The minimum atomic E-state index is 0.435. The van der Waals surface area contributed by atoms with Gasteiger partial charge < -0.3 is 5.32 Å². The highest BCUT2D eigenvalue weighted by atomic mass is 15.1. The van der Waals surface area contributed by atoms with Crippen LogP contribution < -0.4 is 5.32 Å². The molecule has 1 aromatic heterocycles. The summed E-state index contributed by atoms with van der Waals surface area (Å²) in [6.07, 6.45) is 9.43. The van der Waals surface area contributed by atoms with Gasteiger partial charge in [-0.1, -0.05) is 0 Å². The number of rotatable bonds is 1. The van der Waals surface area contributed by atoms with Crippen molar-refractivity contribution in [2.45, 2.75) is 30.7 Å². The third-order valence-corrected chi connectivity index (χ3v) is 3.33. The molecule has 1 N–H and O–H groups in total. The van der Waals surface area contributed by atoms with E-state index in [9.17, 15) is 0 Å². The molecule has 2 aliphatic rings. The van der Waals surface area contributed by atoms with E-state index in [0.717, 1.165) is 0 Å². The Labute approximate surface area is 77.6 Å². The summed E-state index contributed by atoms with van der Waals surface area (Å²) in [7, 11) is 0. The summed E-state index contributed by atoms with van der Waals surface area (Å²) in [6, 6.07) is 0. The molecule has 68 valence electrons. The molecule has 1 aromatic rings. The monoisotopic (exact) mass is 175 g/mol. The van der Waals surface area contributed by atoms with Crippen LogP contribution in [0.3, 0.4) is 0 Å². The first-order valence-corrected chi connectivity index (χ1v) is 4.91. The summed E-state index contributed by atoms with van der Waals surface area (Å²) in [5.41, 5.74) is 1.74. The smallest absolute Gasteiger partial charge is 0.115 e. The van der Waals surface area contributed by atoms with E-state index in [1.165, 1.54) is 31.4 Å². The van der Waals surface area contributed by atoms with Crippen LogP contribution in [0.4, 0.5) is 0 Å². The lowest BCUT2D eigenvalue weighted by atomic mass is 10.1. The van der Waals surface area contributed by atoms with Gasteiger partial charge in [-0.15, -0.1) is 0 Å². The lowest BCUT2D eigenvalue weighted by Crippen LogP contribution is -2.25. The van der Waals surface area contributed by atoms with Gasteiger partial charge in [0.1, 0.15) is 6.33 Å². The Kier molecular flexibility index (Phi) is 1.44. The van der Waals surface area contributed by atoms with Crippen LogP contribution in [0.1, 0.15) is 30.7 Å². The van der Waals surface area contributed by atoms with Crippen molar-refractivity contribution >= 4 is 0 Å². The molecular weight excluding hydrogens is 162 g/mol. The summed E-state index contributed by atoms with van der Waals surface area (Å²) in [4.78, 5) is 8.12. The summed E-state index contributed by atoms with van der Waals surface area (Å²) in [5.74, 6) is 0.677. The van der Waals surface area contributed by atoms with E-state index >= 15 is 0 Å². The predicted octanol–water partition coefficient (Wildman–Crippen LogP) is 1.09. The molecule has 0 bridgehead atoms. The third kappa shape index (κ3) is 1.07. The normalized spacial score (nSPS) is 36.8. The number of hydrogen-bond donors (Lipinski definition) is 1. The fourth-order valence-corrected chi connectivity index (χ4v) is 2.53. The average molecular weight is 175 g/mol. The highest BCUT2D eigenvalue weighted by molar-refractivity contribution is 5.31. The highest BCUT2D eigenvalue weighted by Gasteiger charge is 2.55. The zero-order valence-electron chi connectivity index (χ0n) is 7.53. The third-order valence-electron chi connectivity index (χ3n) is 3.33. The summed E-state index contributed by atoms with van der Waals surface area (Å²) in [5, 5.41) is 3.60. The molecule has 1 spiro atoms. The molecule has 1 aliphatic carbocycles. The number of aromatic nitrogens is 2. The maximum Gasteiger partial charge on any atom is 0.115 e. The van der Waals surface area contributed by atoms with Crippen molar-refractivity contribution in [1.82, 2.24) is 15.3 Å². The Morgan fingerprint density at radius 2 is 2.23 bits per heavy atom. The first kappa shape index (κ1) is 7.44. The second kappa shape index (κ2) is 2.51. The molecule has 0 amide bonds. The van der Waals surface area contributed by atoms with Crippen molar-refractivity contribution in [2.75, 3.05) is 6.54 Å². The molecular formula is C10H13N3. The van der Waals surface area contributed by atoms with Gasteiger partial charge in [-0.2, -0.15) is 0 Å². The molecule has 2 unspecified atom stereocenters. The van der Waals surface area contributed by atoms with E-state index in [1.54, 1.807) is 6.33 Å². The van der Waals surface area contributed by atoms with E-state index in [4.69, 9.17) is 0 Å². The van der Waals surface area contributed by atoms with Crippen LogP contribution in [0.25, 0.3) is 0 Å². The van der Waals surface area contributed by atoms with Crippen molar-refractivity contribution in [3.05, 3.63) is 24.3 Å². The first-order chi connectivity index (χ1) is 6.41. The predicted molar refractivity (Wildman–Crippen MR) is 49.4 cm³/mol. The molecule has 3 rings (SSSR count). The van der Waals surface area contributed by atoms with Crippen LogP contribution in [-0.2, 0) is 0 Å². The standard InChI is InChI=1S/C10H13N3/c1-2-10(13-3-1)4-9(10)8-5-11-7-12-6-8/h5-7,9,13H,1-4H2. The van der Waals surface area contributed by atoms with Gasteiger partial charge in [0.25, 0.3) is 0 Å². The van der Waals surface area contributed by atoms with Gasteiger partial charge >= 0.3 is 0 Å². The molecule has 3 nitrogen and oxygen atoms in total. The molecule has 3 heteroatoms. The van der Waals surface area contributed by atoms with Gasteiger partial charge in [-0.3, -0.25) is 0 Å². The van der Waals surface area contributed by atoms with Crippen LogP contribution in [0.2, 0.25) is 0 Å². The van der Waals surface area contributed by atoms with Crippen molar-refractivity contribution in [3.63, 3.8) is 0 Å². The van der Waals surface area contributed by atoms with Crippen molar-refractivity contribution in [3.8, 4) is 0 Å². The Morgan fingerprint density at radius 1 is 1.38 bits per heavy atom. The molecule has 0 aromatic carbocycles. The van der Waals surface area contributed by atoms with E-state index in [0.29, 0.717) is 11.5 Å². The highest BCUT2D eigenvalue weighted by Crippen LogP contribution is 2.55. The van der Waals surface area contributed by atoms with E-state index in [1.807, 2.05) is 12.4 Å². The van der Waals surface area contributed by atoms with Crippen molar-refractivity contribution in [2.24, 2.45) is 0 Å². The molecule has 2 atom stereocenters. The average Bonchev–Trinajstić information content (AvgIpc) is 2.66. The van der Waals surface area contributed by atoms with Crippen LogP contribution in [-0.4, -0.2) is 22.1 Å². The molecule has 0 radical (unpaired) electrons. The molecule has 2 fully saturated rings. The van der Waals surface area contributed by atoms with E-state index in [-0.39, 0.29) is 0 Å². The molecule has 1 aliphatic heterocycles. The van der Waals surface area contributed by atoms with Gasteiger partial charge in [0.15, 0.2) is 0 Å². The zero-order valence-corrected chi connectivity index (χ0v) is 7.53. The lowest BCUT2D eigenvalue weighted by molar-refractivity contribution is 0.578. The van der Waals surface area contributed by atoms with Crippen molar-refractivity contribution < 1.29 is 0 Å². The molecule has 1 saturated carbocycles. The Morgan fingerprint density at radius 3 is 2.92 bits per heavy atom. The molecule has 1 saturated heterocycles. The minimum absolute atomic E-state index is 0.435. The largest absolute Gasteiger partial charge is 0.311 e. The number of nitrogens with zero attached hydrogens (tertiary/aromatic N) is 2. The summed E-state index contributed by atoms with van der Waals surface area (Å²) < 4.78 is 0. The summed E-state index contributed by atoms with van der Waals surface area (Å²) in [6.45, 7) is 1.18.